The number of aryl methyl sites for hydroxylation is 1. The van der Waals surface area contributed by atoms with Crippen LogP contribution in [0.3, 0.4) is 0 Å². The minimum absolute atomic E-state index is 0.0344. The highest BCUT2D eigenvalue weighted by molar-refractivity contribution is 9.10. The molecular weight excluding hydrogens is 418 g/mol. The van der Waals surface area contributed by atoms with E-state index in [0.29, 0.717) is 6.54 Å². The smallest absolute Gasteiger partial charge is 0.243 e. The zero-order valence-electron chi connectivity index (χ0n) is 15.9. The van der Waals surface area contributed by atoms with Crippen molar-refractivity contribution in [2.45, 2.75) is 13.3 Å². The number of hydrogen-bond acceptors (Lipinski definition) is 3. The first-order chi connectivity index (χ1) is 13.5. The molecule has 2 N–H and O–H groups in total. The number of nitrogens with one attached hydrogen (secondary N) is 2. The van der Waals surface area contributed by atoms with Crippen LogP contribution in [0.4, 0.5) is 5.69 Å². The Labute approximate surface area is 173 Å². The minimum Gasteiger partial charge on any atom is -0.346 e. The highest BCUT2D eigenvalue weighted by Crippen LogP contribution is 2.22. The summed E-state index contributed by atoms with van der Waals surface area (Å²) in [7, 11) is 0. The number of benzene rings is 2. The Balaban J connectivity index is 1.42. The Morgan fingerprint density at radius 2 is 1.89 bits per heavy atom. The molecule has 0 radical (unpaired) electrons. The predicted octanol–water partition coefficient (Wildman–Crippen LogP) is 3.60. The highest BCUT2D eigenvalue weighted by Gasteiger charge is 2.16. The second-order valence-electron chi connectivity index (χ2n) is 6.86. The summed E-state index contributed by atoms with van der Waals surface area (Å²) < 4.78 is 0.960. The van der Waals surface area contributed by atoms with Gasteiger partial charge in [-0.15, -0.1) is 0 Å². The summed E-state index contributed by atoms with van der Waals surface area (Å²) in [4.78, 5) is 26.3. The lowest BCUT2D eigenvalue weighted by Crippen LogP contribution is -2.41. The molecule has 0 saturated carbocycles. The Bertz CT molecular complexity index is 881. The lowest BCUT2D eigenvalue weighted by Gasteiger charge is -2.25. The monoisotopic (exact) mass is 441 g/mol. The van der Waals surface area contributed by atoms with Crippen LogP contribution in [0.25, 0.3) is 5.57 Å². The number of carbonyl (C=O) groups excluding carboxylic acids is 2. The Morgan fingerprint density at radius 3 is 2.57 bits per heavy atom. The molecule has 0 fully saturated rings. The van der Waals surface area contributed by atoms with Crippen LogP contribution in [-0.2, 0) is 9.59 Å². The average molecular weight is 442 g/mol. The van der Waals surface area contributed by atoms with Crippen LogP contribution >= 0.6 is 15.9 Å². The molecule has 146 valence electrons. The molecule has 0 unspecified atom stereocenters. The molecular formula is C22H24BrN3O2. The van der Waals surface area contributed by atoms with Crippen molar-refractivity contribution in [1.29, 1.82) is 0 Å². The summed E-state index contributed by atoms with van der Waals surface area (Å²) in [5, 5.41) is 5.52. The van der Waals surface area contributed by atoms with Crippen molar-refractivity contribution in [3.63, 3.8) is 0 Å². The third kappa shape index (κ3) is 5.78. The molecule has 0 saturated heterocycles. The molecule has 0 atom stereocenters. The molecule has 2 amide bonds. The third-order valence-electron chi connectivity index (χ3n) is 4.71. The van der Waals surface area contributed by atoms with E-state index in [1.54, 1.807) is 0 Å². The van der Waals surface area contributed by atoms with Crippen molar-refractivity contribution >= 4 is 39.0 Å². The van der Waals surface area contributed by atoms with Gasteiger partial charge in [0.2, 0.25) is 11.8 Å². The number of rotatable bonds is 6. The first kappa shape index (κ1) is 20.3. The van der Waals surface area contributed by atoms with E-state index < -0.39 is 0 Å². The van der Waals surface area contributed by atoms with Gasteiger partial charge in [0.05, 0.1) is 13.1 Å². The van der Waals surface area contributed by atoms with Gasteiger partial charge >= 0.3 is 0 Å². The Kier molecular flexibility index (Phi) is 7.01. The Morgan fingerprint density at radius 1 is 1.11 bits per heavy atom. The maximum Gasteiger partial charge on any atom is 0.243 e. The van der Waals surface area contributed by atoms with E-state index in [1.165, 1.54) is 11.1 Å². The molecule has 2 aromatic carbocycles. The van der Waals surface area contributed by atoms with Gasteiger partial charge in [-0.05, 0) is 48.2 Å². The van der Waals surface area contributed by atoms with Gasteiger partial charge in [-0.1, -0.05) is 52.3 Å². The molecule has 3 rings (SSSR count). The quantitative estimate of drug-likeness (QED) is 0.719. The normalized spacial score (nSPS) is 14.3. The molecule has 0 bridgehead atoms. The SMILES string of the molecule is Cc1cc(Br)ccc1NC(=O)CNC(=O)CN1CC=C(c2ccccc2)CC1. The van der Waals surface area contributed by atoms with Crippen molar-refractivity contribution in [3.05, 3.63) is 70.2 Å². The molecule has 1 aliphatic rings. The maximum atomic E-state index is 12.2. The summed E-state index contributed by atoms with van der Waals surface area (Å²) >= 11 is 3.40. The van der Waals surface area contributed by atoms with Gasteiger partial charge in [0.1, 0.15) is 0 Å². The largest absolute Gasteiger partial charge is 0.346 e. The summed E-state index contributed by atoms with van der Waals surface area (Å²) in [5.41, 5.74) is 4.27. The van der Waals surface area contributed by atoms with Crippen LogP contribution in [0.1, 0.15) is 17.5 Å². The van der Waals surface area contributed by atoms with Crippen LogP contribution in [0, 0.1) is 6.92 Å². The summed E-state index contributed by atoms with van der Waals surface area (Å²) in [6.07, 6.45) is 3.09. The van der Waals surface area contributed by atoms with E-state index in [4.69, 9.17) is 0 Å². The predicted molar refractivity (Wildman–Crippen MR) is 116 cm³/mol. The topological polar surface area (TPSA) is 61.4 Å². The van der Waals surface area contributed by atoms with E-state index in [-0.39, 0.29) is 18.4 Å². The molecule has 1 heterocycles. The van der Waals surface area contributed by atoms with E-state index in [0.717, 1.165) is 35.2 Å². The van der Waals surface area contributed by atoms with Crippen LogP contribution < -0.4 is 10.6 Å². The van der Waals surface area contributed by atoms with Gasteiger partial charge in [0.25, 0.3) is 0 Å². The van der Waals surface area contributed by atoms with Gasteiger partial charge in [0, 0.05) is 23.2 Å². The second-order valence-corrected chi connectivity index (χ2v) is 7.78. The standard InChI is InChI=1S/C22H24BrN3O2/c1-16-13-19(23)7-8-20(16)25-21(27)14-24-22(28)15-26-11-9-18(10-12-26)17-5-3-2-4-6-17/h2-9,13H,10-12,14-15H2,1H3,(H,24,28)(H,25,27). The molecule has 28 heavy (non-hydrogen) atoms. The Hall–Kier alpha value is -2.44. The second kappa shape index (κ2) is 9.66. The van der Waals surface area contributed by atoms with E-state index in [1.807, 2.05) is 43.3 Å². The van der Waals surface area contributed by atoms with Crippen LogP contribution in [0.5, 0.6) is 0 Å². The first-order valence-corrected chi connectivity index (χ1v) is 10.1. The molecule has 6 heteroatoms. The summed E-state index contributed by atoms with van der Waals surface area (Å²) in [5.74, 6) is -0.372. The molecule has 0 aliphatic carbocycles. The lowest BCUT2D eigenvalue weighted by molar-refractivity contribution is -0.125. The number of halogens is 1. The fourth-order valence-electron chi connectivity index (χ4n) is 3.17. The summed E-state index contributed by atoms with van der Waals surface area (Å²) in [6.45, 7) is 3.75. The number of hydrogen-bond donors (Lipinski definition) is 2. The fraction of sp³-hybridized carbons (Fsp3) is 0.273. The maximum absolute atomic E-state index is 12.2. The van der Waals surface area contributed by atoms with Gasteiger partial charge in [-0.3, -0.25) is 14.5 Å². The van der Waals surface area contributed by atoms with Crippen LogP contribution in [-0.4, -0.2) is 42.9 Å². The summed E-state index contributed by atoms with van der Waals surface area (Å²) in [6, 6.07) is 15.9. The van der Waals surface area contributed by atoms with Gasteiger partial charge < -0.3 is 10.6 Å². The van der Waals surface area contributed by atoms with Gasteiger partial charge in [0.15, 0.2) is 0 Å². The van der Waals surface area contributed by atoms with Gasteiger partial charge in [-0.25, -0.2) is 0 Å². The van der Waals surface area contributed by atoms with E-state index in [2.05, 4.69) is 49.7 Å². The number of anilines is 1. The zero-order chi connectivity index (χ0) is 19.9. The fourth-order valence-corrected chi connectivity index (χ4v) is 3.64. The van der Waals surface area contributed by atoms with Gasteiger partial charge in [-0.2, -0.15) is 0 Å². The molecule has 0 spiro atoms. The average Bonchev–Trinajstić information content (AvgIpc) is 2.70. The zero-order valence-corrected chi connectivity index (χ0v) is 17.5. The molecule has 5 nitrogen and oxygen atoms in total. The number of carbonyl (C=O) groups is 2. The lowest BCUT2D eigenvalue weighted by atomic mass is 10.00. The van der Waals surface area contributed by atoms with Crippen molar-refractivity contribution in [2.24, 2.45) is 0 Å². The van der Waals surface area contributed by atoms with Crippen LogP contribution in [0.15, 0.2) is 59.1 Å². The molecule has 0 aromatic heterocycles. The molecule has 1 aliphatic heterocycles. The van der Waals surface area contributed by atoms with Crippen molar-refractivity contribution in [3.8, 4) is 0 Å². The van der Waals surface area contributed by atoms with E-state index in [9.17, 15) is 9.59 Å². The highest BCUT2D eigenvalue weighted by atomic mass is 79.9. The first-order valence-electron chi connectivity index (χ1n) is 9.31. The van der Waals surface area contributed by atoms with E-state index >= 15 is 0 Å². The van der Waals surface area contributed by atoms with Crippen LogP contribution in [0.2, 0.25) is 0 Å². The third-order valence-corrected chi connectivity index (χ3v) is 5.21. The minimum atomic E-state index is -0.233. The number of amides is 2. The van der Waals surface area contributed by atoms with Crippen molar-refractivity contribution in [1.82, 2.24) is 10.2 Å². The van der Waals surface area contributed by atoms with Crippen molar-refractivity contribution < 1.29 is 9.59 Å². The number of nitrogens with zero attached hydrogens (tertiary/aromatic N) is 1. The van der Waals surface area contributed by atoms with Crippen molar-refractivity contribution in [2.75, 3.05) is 31.5 Å². The molecule has 2 aromatic rings.